The maximum absolute atomic E-state index is 12.5. The number of hydrogen-bond donors (Lipinski definition) is 1. The maximum atomic E-state index is 12.5. The number of Topliss-reactive ketones (excluding diaryl/α,β-unsaturated/α-hetero) is 1. The summed E-state index contributed by atoms with van der Waals surface area (Å²) < 4.78 is 10.6. The van der Waals surface area contributed by atoms with Crippen LogP contribution in [0, 0.1) is 0 Å². The van der Waals surface area contributed by atoms with Crippen molar-refractivity contribution in [1.29, 1.82) is 0 Å². The Hall–Kier alpha value is -4.08. The molecule has 0 aliphatic carbocycles. The van der Waals surface area contributed by atoms with E-state index >= 15 is 0 Å². The fraction of sp³-hybridized carbons (Fsp3) is 0.111. The molecule has 4 aromatic rings. The van der Waals surface area contributed by atoms with Crippen molar-refractivity contribution in [1.82, 2.24) is 25.0 Å². The molecule has 28 heavy (non-hydrogen) atoms. The first-order valence-electron chi connectivity index (χ1n) is 8.26. The topological polar surface area (TPSA) is 129 Å². The number of hydrogen-bond acceptors (Lipinski definition) is 8. The number of nitrogens with zero attached hydrogens (tertiary/aromatic N) is 5. The van der Waals surface area contributed by atoms with E-state index in [0.717, 1.165) is 5.56 Å². The predicted octanol–water partition coefficient (Wildman–Crippen LogP) is 2.42. The molecule has 140 valence electrons. The molecule has 1 N–H and O–H groups in total. The Morgan fingerprint density at radius 2 is 2.00 bits per heavy atom. The van der Waals surface area contributed by atoms with Gasteiger partial charge in [-0.2, -0.15) is 9.90 Å². The number of carbonyl (C=O) groups is 2. The molecule has 0 aliphatic rings. The lowest BCUT2D eigenvalue weighted by Crippen LogP contribution is -2.14. The Labute approximate surface area is 158 Å². The molecule has 0 saturated carbocycles. The van der Waals surface area contributed by atoms with Gasteiger partial charge in [0.15, 0.2) is 29.4 Å². The molecular weight excluding hydrogens is 364 g/mol. The number of aromatic nitrogens is 5. The molecular formula is C18H14N6O4. The maximum Gasteiger partial charge on any atom is 0.279 e. The van der Waals surface area contributed by atoms with Gasteiger partial charge < -0.3 is 14.2 Å². The summed E-state index contributed by atoms with van der Waals surface area (Å²) >= 11 is 0. The average molecular weight is 378 g/mol. The molecule has 10 nitrogen and oxygen atoms in total. The van der Waals surface area contributed by atoms with Gasteiger partial charge in [-0.05, 0) is 0 Å². The highest BCUT2D eigenvalue weighted by Gasteiger charge is 2.19. The Morgan fingerprint density at radius 1 is 1.18 bits per heavy atom. The zero-order valence-electron chi connectivity index (χ0n) is 14.7. The lowest BCUT2D eigenvalue weighted by molar-refractivity contribution is 0.100. The van der Waals surface area contributed by atoms with Crippen molar-refractivity contribution in [2.45, 2.75) is 13.5 Å². The van der Waals surface area contributed by atoms with Gasteiger partial charge in [0.1, 0.15) is 18.5 Å². The lowest BCUT2D eigenvalue weighted by Gasteiger charge is -2.01. The second kappa shape index (κ2) is 7.27. The molecule has 1 aromatic carbocycles. The molecule has 4 rings (SSSR count). The van der Waals surface area contributed by atoms with E-state index in [1.807, 2.05) is 30.3 Å². The smallest absolute Gasteiger partial charge is 0.279 e. The van der Waals surface area contributed by atoms with Crippen molar-refractivity contribution in [3.8, 4) is 11.3 Å². The first-order valence-corrected chi connectivity index (χ1v) is 8.26. The summed E-state index contributed by atoms with van der Waals surface area (Å²) in [6.07, 6.45) is 3.87. The normalized spacial score (nSPS) is 10.8. The van der Waals surface area contributed by atoms with Crippen LogP contribution in [0.25, 0.3) is 11.3 Å². The Kier molecular flexibility index (Phi) is 4.50. The minimum absolute atomic E-state index is 0.113. The van der Waals surface area contributed by atoms with Crippen LogP contribution < -0.4 is 5.32 Å². The third-order valence-electron chi connectivity index (χ3n) is 3.79. The third-order valence-corrected chi connectivity index (χ3v) is 3.79. The van der Waals surface area contributed by atoms with Crippen LogP contribution in [0.4, 0.5) is 5.82 Å². The van der Waals surface area contributed by atoms with Crippen LogP contribution in [0.2, 0.25) is 0 Å². The number of rotatable bonds is 6. The van der Waals surface area contributed by atoms with E-state index in [-0.39, 0.29) is 35.4 Å². The number of ketones is 1. The molecule has 10 heteroatoms. The zero-order chi connectivity index (χ0) is 19.5. The molecule has 0 radical (unpaired) electrons. The molecule has 0 spiro atoms. The molecule has 3 aromatic heterocycles. The Balaban J connectivity index is 1.46. The van der Waals surface area contributed by atoms with Gasteiger partial charge in [0.25, 0.3) is 5.91 Å². The number of carbonyl (C=O) groups excluding carboxylic acids is 2. The first-order chi connectivity index (χ1) is 13.6. The molecule has 0 unspecified atom stereocenters. The largest absolute Gasteiger partial charge is 0.446 e. The van der Waals surface area contributed by atoms with Crippen LogP contribution >= 0.6 is 0 Å². The van der Waals surface area contributed by atoms with Crippen molar-refractivity contribution >= 4 is 17.5 Å². The predicted molar refractivity (Wildman–Crippen MR) is 95.5 cm³/mol. The van der Waals surface area contributed by atoms with Crippen LogP contribution in [0.15, 0.2) is 58.0 Å². The second-order valence-corrected chi connectivity index (χ2v) is 5.79. The van der Waals surface area contributed by atoms with E-state index in [9.17, 15) is 9.59 Å². The fourth-order valence-electron chi connectivity index (χ4n) is 2.47. The average Bonchev–Trinajstić information content (AvgIpc) is 3.43. The lowest BCUT2D eigenvalue weighted by atomic mass is 10.1. The fourth-order valence-corrected chi connectivity index (χ4v) is 2.47. The van der Waals surface area contributed by atoms with Gasteiger partial charge in [-0.3, -0.25) is 9.59 Å². The Morgan fingerprint density at radius 3 is 2.75 bits per heavy atom. The summed E-state index contributed by atoms with van der Waals surface area (Å²) in [6.45, 7) is 1.51. The summed E-state index contributed by atoms with van der Waals surface area (Å²) in [5.41, 5.74) is 1.11. The monoisotopic (exact) mass is 378 g/mol. The first kappa shape index (κ1) is 17.3. The third kappa shape index (κ3) is 3.56. The SMILES string of the molecule is CC(=O)c1coc(Cn2ncc(NC(=O)c3ncoc3-c3ccccc3)n2)n1. The van der Waals surface area contributed by atoms with E-state index in [4.69, 9.17) is 8.83 Å². The van der Waals surface area contributed by atoms with Gasteiger partial charge in [-0.15, -0.1) is 5.10 Å². The summed E-state index contributed by atoms with van der Waals surface area (Å²) in [6, 6.07) is 9.18. The van der Waals surface area contributed by atoms with Crippen LogP contribution in [0.1, 0.15) is 33.8 Å². The van der Waals surface area contributed by atoms with Crippen LogP contribution in [-0.2, 0) is 6.54 Å². The van der Waals surface area contributed by atoms with Gasteiger partial charge >= 0.3 is 0 Å². The standard InChI is InChI=1S/C18H14N6O4/c1-11(25)13-9-27-15(21-13)8-24-20-7-14(23-24)22-18(26)16-17(28-10-19-16)12-5-3-2-4-6-12/h2-7,9-10H,8H2,1H3,(H,22,23,26). The van der Waals surface area contributed by atoms with E-state index in [1.54, 1.807) is 0 Å². The van der Waals surface area contributed by atoms with Crippen LogP contribution in [0.3, 0.4) is 0 Å². The van der Waals surface area contributed by atoms with Crippen molar-refractivity contribution < 1.29 is 18.4 Å². The van der Waals surface area contributed by atoms with Crippen LogP contribution in [-0.4, -0.2) is 36.7 Å². The van der Waals surface area contributed by atoms with Crippen LogP contribution in [0.5, 0.6) is 0 Å². The minimum atomic E-state index is -0.477. The minimum Gasteiger partial charge on any atom is -0.446 e. The molecule has 0 bridgehead atoms. The number of nitrogens with one attached hydrogen (secondary N) is 1. The van der Waals surface area contributed by atoms with Crippen molar-refractivity contribution in [2.24, 2.45) is 0 Å². The van der Waals surface area contributed by atoms with Crippen molar-refractivity contribution in [3.05, 3.63) is 66.5 Å². The number of benzene rings is 1. The highest BCUT2D eigenvalue weighted by Crippen LogP contribution is 2.23. The van der Waals surface area contributed by atoms with Crippen molar-refractivity contribution in [3.63, 3.8) is 0 Å². The molecule has 0 saturated heterocycles. The molecule has 1 amide bonds. The molecule has 0 aliphatic heterocycles. The quantitative estimate of drug-likeness (QED) is 0.506. The number of amides is 1. The summed E-state index contributed by atoms with van der Waals surface area (Å²) in [5, 5.41) is 10.8. The van der Waals surface area contributed by atoms with Gasteiger partial charge in [0.2, 0.25) is 5.89 Å². The number of anilines is 1. The molecule has 0 atom stereocenters. The highest BCUT2D eigenvalue weighted by molar-refractivity contribution is 6.05. The second-order valence-electron chi connectivity index (χ2n) is 5.79. The Bertz CT molecular complexity index is 1130. The molecule has 0 fully saturated rings. The summed E-state index contributed by atoms with van der Waals surface area (Å²) in [4.78, 5) is 33.1. The molecule has 3 heterocycles. The van der Waals surface area contributed by atoms with E-state index < -0.39 is 5.91 Å². The van der Waals surface area contributed by atoms with Crippen molar-refractivity contribution in [2.75, 3.05) is 5.32 Å². The van der Waals surface area contributed by atoms with E-state index in [1.165, 1.54) is 30.6 Å². The van der Waals surface area contributed by atoms with Gasteiger partial charge in [0, 0.05) is 12.5 Å². The van der Waals surface area contributed by atoms with Gasteiger partial charge in [-0.25, -0.2) is 9.97 Å². The van der Waals surface area contributed by atoms with E-state index in [2.05, 4.69) is 25.5 Å². The zero-order valence-corrected chi connectivity index (χ0v) is 14.7. The highest BCUT2D eigenvalue weighted by atomic mass is 16.3. The van der Waals surface area contributed by atoms with E-state index in [0.29, 0.717) is 5.76 Å². The summed E-state index contributed by atoms with van der Waals surface area (Å²) in [7, 11) is 0. The van der Waals surface area contributed by atoms with Gasteiger partial charge in [0.05, 0.1) is 6.20 Å². The number of oxazole rings is 2. The van der Waals surface area contributed by atoms with Gasteiger partial charge in [-0.1, -0.05) is 30.3 Å². The summed E-state index contributed by atoms with van der Waals surface area (Å²) in [5.74, 6) is 0.196.